The van der Waals surface area contributed by atoms with Gasteiger partial charge >= 0.3 is 0 Å². The quantitative estimate of drug-likeness (QED) is 0.632. The maximum Gasteiger partial charge on any atom is 0.0601 e. The minimum atomic E-state index is 0.215. The Hall–Kier alpha value is -1.16. The van der Waals surface area contributed by atoms with Crippen LogP contribution in [0.3, 0.4) is 0 Å². The lowest BCUT2D eigenvalue weighted by molar-refractivity contribution is 0.633. The highest BCUT2D eigenvalue weighted by atomic mass is 79.9. The second-order valence-electron chi connectivity index (χ2n) is 5.20. The van der Waals surface area contributed by atoms with E-state index in [9.17, 15) is 0 Å². The summed E-state index contributed by atoms with van der Waals surface area (Å²) >= 11 is 5.55. The highest BCUT2D eigenvalue weighted by Crippen LogP contribution is 2.35. The third-order valence-electron chi connectivity index (χ3n) is 3.70. The third kappa shape index (κ3) is 2.91. The van der Waals surface area contributed by atoms with Crippen LogP contribution >= 0.6 is 27.3 Å². The summed E-state index contributed by atoms with van der Waals surface area (Å²) in [7, 11) is 0. The summed E-state index contributed by atoms with van der Waals surface area (Å²) in [4.78, 5) is 0. The smallest absolute Gasteiger partial charge is 0.0601 e. The Morgan fingerprint density at radius 2 is 2.00 bits per heavy atom. The molecule has 3 rings (SSSR count). The fourth-order valence-electron chi connectivity index (χ4n) is 2.70. The van der Waals surface area contributed by atoms with Gasteiger partial charge in [-0.1, -0.05) is 53.2 Å². The molecule has 0 bridgehead atoms. The zero-order chi connectivity index (χ0) is 14.8. The van der Waals surface area contributed by atoms with Crippen LogP contribution in [0.2, 0.25) is 0 Å². The number of rotatable bonds is 4. The fraction of sp³-hybridized carbons (Fsp3) is 0.222. The predicted molar refractivity (Wildman–Crippen MR) is 96.2 cm³/mol. The van der Waals surface area contributed by atoms with Crippen molar-refractivity contribution >= 4 is 37.4 Å². The molecule has 0 radical (unpaired) electrons. The minimum Gasteiger partial charge on any atom is -0.306 e. The average molecular weight is 360 g/mol. The van der Waals surface area contributed by atoms with Crippen molar-refractivity contribution in [1.82, 2.24) is 5.32 Å². The van der Waals surface area contributed by atoms with Crippen LogP contribution < -0.4 is 5.32 Å². The normalized spacial score (nSPS) is 12.7. The molecule has 0 fully saturated rings. The Kier molecular flexibility index (Phi) is 4.43. The van der Waals surface area contributed by atoms with Gasteiger partial charge in [0.05, 0.1) is 6.04 Å². The zero-order valence-electron chi connectivity index (χ0n) is 12.2. The summed E-state index contributed by atoms with van der Waals surface area (Å²) in [6, 6.07) is 15.6. The first-order chi connectivity index (χ1) is 10.2. The lowest BCUT2D eigenvalue weighted by Crippen LogP contribution is -2.22. The summed E-state index contributed by atoms with van der Waals surface area (Å²) in [6.45, 7) is 5.22. The van der Waals surface area contributed by atoms with E-state index < -0.39 is 0 Å². The number of hydrogen-bond donors (Lipinski definition) is 1. The van der Waals surface area contributed by atoms with E-state index in [0.29, 0.717) is 0 Å². The molecule has 1 heterocycles. The lowest BCUT2D eigenvalue weighted by atomic mass is 9.97. The third-order valence-corrected chi connectivity index (χ3v) is 5.36. The largest absolute Gasteiger partial charge is 0.306 e. The molecule has 0 amide bonds. The molecular weight excluding hydrogens is 342 g/mol. The molecule has 1 atom stereocenters. The van der Waals surface area contributed by atoms with Gasteiger partial charge in [0.1, 0.15) is 0 Å². The summed E-state index contributed by atoms with van der Waals surface area (Å²) in [5.41, 5.74) is 3.92. The van der Waals surface area contributed by atoms with Crippen molar-refractivity contribution in [3.05, 3.63) is 69.0 Å². The Bertz CT molecular complexity index is 763. The number of thiophene rings is 1. The summed E-state index contributed by atoms with van der Waals surface area (Å²) in [6.07, 6.45) is 0. The van der Waals surface area contributed by atoms with Gasteiger partial charge in [0.15, 0.2) is 0 Å². The molecular formula is C18H18BrNS. The van der Waals surface area contributed by atoms with Crippen LogP contribution in [0.25, 0.3) is 10.1 Å². The first-order valence-electron chi connectivity index (χ1n) is 7.16. The van der Waals surface area contributed by atoms with Gasteiger partial charge in [-0.05, 0) is 53.1 Å². The monoisotopic (exact) mass is 359 g/mol. The Morgan fingerprint density at radius 3 is 2.76 bits per heavy atom. The van der Waals surface area contributed by atoms with Crippen LogP contribution in [-0.2, 0) is 0 Å². The van der Waals surface area contributed by atoms with E-state index in [1.54, 1.807) is 0 Å². The molecule has 108 valence electrons. The van der Waals surface area contributed by atoms with E-state index in [-0.39, 0.29) is 6.04 Å². The molecule has 3 aromatic rings. The molecule has 0 saturated carbocycles. The van der Waals surface area contributed by atoms with Gasteiger partial charge in [-0.3, -0.25) is 0 Å². The molecule has 1 aromatic heterocycles. The van der Waals surface area contributed by atoms with Gasteiger partial charge in [0.2, 0.25) is 0 Å². The second kappa shape index (κ2) is 6.30. The van der Waals surface area contributed by atoms with Gasteiger partial charge in [-0.15, -0.1) is 11.3 Å². The van der Waals surface area contributed by atoms with Gasteiger partial charge in [-0.25, -0.2) is 0 Å². The minimum absolute atomic E-state index is 0.215. The van der Waals surface area contributed by atoms with E-state index in [0.717, 1.165) is 6.54 Å². The lowest BCUT2D eigenvalue weighted by Gasteiger charge is -2.21. The maximum absolute atomic E-state index is 3.73. The molecule has 3 heteroatoms. The molecule has 0 aliphatic carbocycles. The molecule has 1 unspecified atom stereocenters. The SMILES string of the molecule is CCNC(c1ccc(C)cc1Br)c1cccc2ccsc12. The van der Waals surface area contributed by atoms with Crippen molar-refractivity contribution in [2.45, 2.75) is 19.9 Å². The average Bonchev–Trinajstić information content (AvgIpc) is 2.94. The standard InChI is InChI=1S/C18H18BrNS/c1-3-20-17(14-8-7-12(2)11-16(14)19)15-6-4-5-13-9-10-21-18(13)15/h4-11,17,20H,3H2,1-2H3. The molecule has 0 aliphatic heterocycles. The second-order valence-corrected chi connectivity index (χ2v) is 6.97. The molecule has 21 heavy (non-hydrogen) atoms. The fourth-order valence-corrected chi connectivity index (χ4v) is 4.37. The van der Waals surface area contributed by atoms with Gasteiger partial charge in [-0.2, -0.15) is 0 Å². The zero-order valence-corrected chi connectivity index (χ0v) is 14.6. The molecule has 0 aliphatic rings. The summed E-state index contributed by atoms with van der Waals surface area (Å²) < 4.78 is 2.54. The van der Waals surface area contributed by atoms with Gasteiger partial charge < -0.3 is 5.32 Å². The predicted octanol–water partition coefficient (Wildman–Crippen LogP) is 5.67. The number of hydrogen-bond acceptors (Lipinski definition) is 2. The molecule has 1 nitrogen and oxygen atoms in total. The van der Waals surface area contributed by atoms with Gasteiger partial charge in [0.25, 0.3) is 0 Å². The van der Waals surface area contributed by atoms with Crippen LogP contribution in [0.1, 0.15) is 29.7 Å². The van der Waals surface area contributed by atoms with Crippen molar-refractivity contribution in [2.75, 3.05) is 6.54 Å². The maximum atomic E-state index is 3.73. The first kappa shape index (κ1) is 14.8. The number of fused-ring (bicyclic) bond motifs is 1. The van der Waals surface area contributed by atoms with E-state index in [1.165, 1.54) is 31.2 Å². The molecule has 2 aromatic carbocycles. The van der Waals surface area contributed by atoms with E-state index in [2.05, 4.69) is 82.9 Å². The van der Waals surface area contributed by atoms with Crippen LogP contribution in [0.15, 0.2) is 52.3 Å². The van der Waals surface area contributed by atoms with E-state index in [4.69, 9.17) is 0 Å². The Balaban J connectivity index is 2.15. The summed E-state index contributed by atoms with van der Waals surface area (Å²) in [5.74, 6) is 0. The van der Waals surface area contributed by atoms with Gasteiger partial charge in [0, 0.05) is 9.17 Å². The number of halogens is 1. The van der Waals surface area contributed by atoms with Crippen LogP contribution in [0, 0.1) is 6.92 Å². The van der Waals surface area contributed by atoms with E-state index in [1.807, 2.05) is 11.3 Å². The Morgan fingerprint density at radius 1 is 1.14 bits per heavy atom. The Labute approximate surface area is 138 Å². The first-order valence-corrected chi connectivity index (χ1v) is 8.83. The number of aryl methyl sites for hydroxylation is 1. The van der Waals surface area contributed by atoms with Crippen molar-refractivity contribution in [1.29, 1.82) is 0 Å². The highest BCUT2D eigenvalue weighted by Gasteiger charge is 2.18. The van der Waals surface area contributed by atoms with Crippen LogP contribution in [0.5, 0.6) is 0 Å². The highest BCUT2D eigenvalue weighted by molar-refractivity contribution is 9.10. The van der Waals surface area contributed by atoms with Crippen LogP contribution in [0.4, 0.5) is 0 Å². The van der Waals surface area contributed by atoms with Crippen molar-refractivity contribution < 1.29 is 0 Å². The topological polar surface area (TPSA) is 12.0 Å². The summed E-state index contributed by atoms with van der Waals surface area (Å²) in [5, 5.41) is 7.12. The molecule has 0 saturated heterocycles. The molecule has 0 spiro atoms. The van der Waals surface area contributed by atoms with Crippen molar-refractivity contribution in [3.63, 3.8) is 0 Å². The van der Waals surface area contributed by atoms with Crippen LogP contribution in [-0.4, -0.2) is 6.54 Å². The molecule has 1 N–H and O–H groups in total. The number of benzene rings is 2. The van der Waals surface area contributed by atoms with Crippen molar-refractivity contribution in [3.8, 4) is 0 Å². The van der Waals surface area contributed by atoms with E-state index >= 15 is 0 Å². The number of nitrogens with one attached hydrogen (secondary N) is 1. The van der Waals surface area contributed by atoms with Crippen molar-refractivity contribution in [2.24, 2.45) is 0 Å².